The zero-order valence-corrected chi connectivity index (χ0v) is 11.6. The van der Waals surface area contributed by atoms with Gasteiger partial charge in [-0.15, -0.1) is 0 Å². The third kappa shape index (κ3) is 5.99. The van der Waals surface area contributed by atoms with Crippen LogP contribution >= 0.6 is 0 Å². The van der Waals surface area contributed by atoms with Crippen LogP contribution in [0.4, 0.5) is 0 Å². The van der Waals surface area contributed by atoms with Crippen LogP contribution in [-0.4, -0.2) is 34.8 Å². The Kier molecular flexibility index (Phi) is 6.57. The summed E-state index contributed by atoms with van der Waals surface area (Å²) >= 11 is 0. The van der Waals surface area contributed by atoms with Gasteiger partial charge < -0.3 is 10.2 Å². The fourth-order valence-electron chi connectivity index (χ4n) is 1.68. The maximum absolute atomic E-state index is 11.5. The van der Waals surface area contributed by atoms with Gasteiger partial charge in [0.2, 0.25) is 11.8 Å². The molecule has 1 aromatic heterocycles. The van der Waals surface area contributed by atoms with Crippen LogP contribution in [0, 0.1) is 0 Å². The monoisotopic (exact) mass is 263 g/mol. The number of aromatic nitrogens is 1. The number of amides is 2. The van der Waals surface area contributed by atoms with Crippen LogP contribution < -0.4 is 5.32 Å². The number of rotatable bonds is 7. The van der Waals surface area contributed by atoms with E-state index in [1.165, 1.54) is 6.92 Å². The Morgan fingerprint density at radius 2 is 2.16 bits per heavy atom. The van der Waals surface area contributed by atoms with Crippen molar-refractivity contribution in [1.82, 2.24) is 15.2 Å². The summed E-state index contributed by atoms with van der Waals surface area (Å²) in [6.07, 6.45) is 3.06. The minimum atomic E-state index is -0.0182. The van der Waals surface area contributed by atoms with Crippen molar-refractivity contribution in [3.63, 3.8) is 0 Å². The molecule has 1 aromatic rings. The van der Waals surface area contributed by atoms with Crippen molar-refractivity contribution in [2.24, 2.45) is 0 Å². The van der Waals surface area contributed by atoms with E-state index in [9.17, 15) is 9.59 Å². The number of carbonyl (C=O) groups is 2. The summed E-state index contributed by atoms with van der Waals surface area (Å²) in [4.78, 5) is 28.7. The molecule has 1 N–H and O–H groups in total. The standard InChI is InChI=1S/C14H21N3O2/c1-3-6-14(19)16-9-10-17(12(2)18)11-13-7-4-5-8-15-13/h4-5,7-8H,3,6,9-11H2,1-2H3,(H,16,19). The van der Waals surface area contributed by atoms with E-state index in [0.717, 1.165) is 12.1 Å². The Hall–Kier alpha value is -1.91. The Morgan fingerprint density at radius 3 is 2.74 bits per heavy atom. The number of hydrogen-bond acceptors (Lipinski definition) is 3. The van der Waals surface area contributed by atoms with Gasteiger partial charge in [-0.1, -0.05) is 13.0 Å². The molecule has 1 rings (SSSR count). The fourth-order valence-corrected chi connectivity index (χ4v) is 1.68. The third-order valence-electron chi connectivity index (χ3n) is 2.71. The van der Waals surface area contributed by atoms with Gasteiger partial charge in [0, 0.05) is 32.6 Å². The van der Waals surface area contributed by atoms with Crippen molar-refractivity contribution in [3.05, 3.63) is 30.1 Å². The molecule has 0 fully saturated rings. The maximum atomic E-state index is 11.5. The van der Waals surface area contributed by atoms with E-state index in [1.54, 1.807) is 11.1 Å². The molecule has 2 amide bonds. The van der Waals surface area contributed by atoms with Crippen LogP contribution in [0.25, 0.3) is 0 Å². The molecule has 0 radical (unpaired) electrons. The van der Waals surface area contributed by atoms with Crippen molar-refractivity contribution in [1.29, 1.82) is 0 Å². The van der Waals surface area contributed by atoms with E-state index in [2.05, 4.69) is 10.3 Å². The average Bonchev–Trinajstić information content (AvgIpc) is 2.39. The van der Waals surface area contributed by atoms with Gasteiger partial charge in [0.1, 0.15) is 0 Å². The molecule has 0 aromatic carbocycles. The van der Waals surface area contributed by atoms with Crippen LogP contribution in [0.15, 0.2) is 24.4 Å². The van der Waals surface area contributed by atoms with Crippen LogP contribution in [0.5, 0.6) is 0 Å². The first-order chi connectivity index (χ1) is 9.13. The minimum Gasteiger partial charge on any atom is -0.354 e. The van der Waals surface area contributed by atoms with Gasteiger partial charge >= 0.3 is 0 Å². The van der Waals surface area contributed by atoms with Crippen molar-refractivity contribution < 1.29 is 9.59 Å². The largest absolute Gasteiger partial charge is 0.354 e. The van der Waals surface area contributed by atoms with Gasteiger partial charge in [-0.05, 0) is 18.6 Å². The summed E-state index contributed by atoms with van der Waals surface area (Å²) in [6, 6.07) is 5.61. The number of nitrogens with zero attached hydrogens (tertiary/aromatic N) is 2. The lowest BCUT2D eigenvalue weighted by molar-refractivity contribution is -0.130. The van der Waals surface area contributed by atoms with Crippen molar-refractivity contribution in [2.75, 3.05) is 13.1 Å². The quantitative estimate of drug-likeness (QED) is 0.807. The number of pyridine rings is 1. The molecule has 0 saturated heterocycles. The summed E-state index contributed by atoms with van der Waals surface area (Å²) < 4.78 is 0. The summed E-state index contributed by atoms with van der Waals surface area (Å²) in [7, 11) is 0. The SMILES string of the molecule is CCCC(=O)NCCN(Cc1ccccn1)C(C)=O. The zero-order valence-electron chi connectivity index (χ0n) is 11.6. The lowest BCUT2D eigenvalue weighted by Gasteiger charge is -2.20. The molecule has 0 spiro atoms. The van der Waals surface area contributed by atoms with E-state index in [0.29, 0.717) is 26.1 Å². The van der Waals surface area contributed by atoms with Gasteiger partial charge in [0.25, 0.3) is 0 Å². The first kappa shape index (κ1) is 15.1. The second-order valence-corrected chi connectivity index (χ2v) is 4.36. The lowest BCUT2D eigenvalue weighted by Crippen LogP contribution is -2.37. The molecule has 0 aliphatic rings. The van der Waals surface area contributed by atoms with Crippen LogP contribution in [0.1, 0.15) is 32.4 Å². The van der Waals surface area contributed by atoms with E-state index >= 15 is 0 Å². The number of hydrogen-bond donors (Lipinski definition) is 1. The first-order valence-electron chi connectivity index (χ1n) is 6.55. The smallest absolute Gasteiger partial charge is 0.220 e. The van der Waals surface area contributed by atoms with Crippen LogP contribution in [0.3, 0.4) is 0 Å². The molecule has 104 valence electrons. The van der Waals surface area contributed by atoms with Gasteiger partial charge in [0.05, 0.1) is 12.2 Å². The van der Waals surface area contributed by atoms with E-state index < -0.39 is 0 Å². The predicted octanol–water partition coefficient (Wildman–Crippen LogP) is 1.35. The summed E-state index contributed by atoms with van der Waals surface area (Å²) in [5.74, 6) is 0.0132. The first-order valence-corrected chi connectivity index (χ1v) is 6.55. The topological polar surface area (TPSA) is 62.3 Å². The summed E-state index contributed by atoms with van der Waals surface area (Å²) in [6.45, 7) is 4.94. The molecule has 0 aliphatic carbocycles. The second-order valence-electron chi connectivity index (χ2n) is 4.36. The number of carbonyl (C=O) groups excluding carboxylic acids is 2. The molecule has 5 heteroatoms. The Morgan fingerprint density at radius 1 is 1.37 bits per heavy atom. The lowest BCUT2D eigenvalue weighted by atomic mass is 10.3. The fraction of sp³-hybridized carbons (Fsp3) is 0.500. The Balaban J connectivity index is 2.41. The molecule has 19 heavy (non-hydrogen) atoms. The van der Waals surface area contributed by atoms with Crippen LogP contribution in [0.2, 0.25) is 0 Å². The van der Waals surface area contributed by atoms with Gasteiger partial charge in [-0.3, -0.25) is 14.6 Å². The highest BCUT2D eigenvalue weighted by atomic mass is 16.2. The molecular weight excluding hydrogens is 242 g/mol. The van der Waals surface area contributed by atoms with Crippen molar-refractivity contribution >= 4 is 11.8 Å². The van der Waals surface area contributed by atoms with Crippen molar-refractivity contribution in [2.45, 2.75) is 33.2 Å². The van der Waals surface area contributed by atoms with Crippen LogP contribution in [-0.2, 0) is 16.1 Å². The molecule has 0 saturated carbocycles. The molecule has 5 nitrogen and oxygen atoms in total. The molecule has 0 aliphatic heterocycles. The molecule has 1 heterocycles. The minimum absolute atomic E-state index is 0.0182. The van der Waals surface area contributed by atoms with Gasteiger partial charge in [-0.2, -0.15) is 0 Å². The second kappa shape index (κ2) is 8.24. The maximum Gasteiger partial charge on any atom is 0.220 e. The normalized spacial score (nSPS) is 10.0. The molecule has 0 bridgehead atoms. The molecule has 0 atom stereocenters. The van der Waals surface area contributed by atoms with Gasteiger partial charge in [0.15, 0.2) is 0 Å². The average molecular weight is 263 g/mol. The highest BCUT2D eigenvalue weighted by Gasteiger charge is 2.10. The molecule has 0 unspecified atom stereocenters. The van der Waals surface area contributed by atoms with E-state index in [4.69, 9.17) is 0 Å². The Bertz CT molecular complexity index is 406. The summed E-state index contributed by atoms with van der Waals surface area (Å²) in [5, 5.41) is 2.80. The highest BCUT2D eigenvalue weighted by molar-refractivity contribution is 5.76. The highest BCUT2D eigenvalue weighted by Crippen LogP contribution is 2.01. The summed E-state index contributed by atoms with van der Waals surface area (Å²) in [5.41, 5.74) is 0.845. The van der Waals surface area contributed by atoms with E-state index in [1.807, 2.05) is 25.1 Å². The number of nitrogens with one attached hydrogen (secondary N) is 1. The van der Waals surface area contributed by atoms with Gasteiger partial charge in [-0.25, -0.2) is 0 Å². The molecular formula is C14H21N3O2. The Labute approximate surface area is 114 Å². The van der Waals surface area contributed by atoms with E-state index in [-0.39, 0.29) is 11.8 Å². The zero-order chi connectivity index (χ0) is 14.1. The third-order valence-corrected chi connectivity index (χ3v) is 2.71. The van der Waals surface area contributed by atoms with Crippen molar-refractivity contribution in [3.8, 4) is 0 Å². The predicted molar refractivity (Wildman–Crippen MR) is 73.2 cm³/mol.